The fraction of sp³-hybridized carbons (Fsp3) is 0.588. The van der Waals surface area contributed by atoms with Gasteiger partial charge in [-0.1, -0.05) is 25.8 Å². The number of rotatable bonds is 4. The van der Waals surface area contributed by atoms with Gasteiger partial charge in [0, 0.05) is 18.8 Å². The highest BCUT2D eigenvalue weighted by molar-refractivity contribution is 6.17. The molecule has 1 aromatic carbocycles. The Morgan fingerprint density at radius 3 is 2.90 bits per heavy atom. The Hall–Kier alpha value is -1.02. The van der Waals surface area contributed by atoms with E-state index in [0.29, 0.717) is 5.88 Å². The molecule has 1 aliphatic rings. The summed E-state index contributed by atoms with van der Waals surface area (Å²) in [6, 6.07) is 6.54. The molecule has 0 amide bonds. The van der Waals surface area contributed by atoms with Gasteiger partial charge in [0.05, 0.1) is 11.0 Å². The smallest absolute Gasteiger partial charge is 0.111 e. The molecule has 108 valence electrons. The van der Waals surface area contributed by atoms with Gasteiger partial charge in [-0.2, -0.15) is 0 Å². The van der Waals surface area contributed by atoms with E-state index in [1.807, 2.05) is 0 Å². The minimum Gasteiger partial charge on any atom is -0.328 e. The van der Waals surface area contributed by atoms with Gasteiger partial charge in [-0.15, -0.1) is 11.6 Å². The molecule has 0 spiro atoms. The van der Waals surface area contributed by atoms with Crippen molar-refractivity contribution in [3.05, 3.63) is 29.6 Å². The Morgan fingerprint density at radius 1 is 1.35 bits per heavy atom. The van der Waals surface area contributed by atoms with Gasteiger partial charge in [-0.05, 0) is 42.9 Å². The maximum absolute atomic E-state index is 5.96. The normalized spacial score (nSPS) is 22.8. The van der Waals surface area contributed by atoms with Crippen molar-refractivity contribution >= 4 is 22.6 Å². The number of benzene rings is 1. The van der Waals surface area contributed by atoms with Crippen molar-refractivity contribution in [3.8, 4) is 0 Å². The molecule has 1 aromatic heterocycles. The average molecular weight is 291 g/mol. The van der Waals surface area contributed by atoms with E-state index in [1.54, 1.807) is 0 Å². The van der Waals surface area contributed by atoms with E-state index in [4.69, 9.17) is 16.6 Å². The molecule has 0 bridgehead atoms. The Balaban J connectivity index is 2.01. The van der Waals surface area contributed by atoms with E-state index in [0.717, 1.165) is 36.1 Å². The number of hydrogen-bond donors (Lipinski definition) is 0. The molecule has 2 aromatic rings. The lowest BCUT2D eigenvalue weighted by molar-refractivity contribution is 0.363. The quantitative estimate of drug-likeness (QED) is 0.755. The highest BCUT2D eigenvalue weighted by atomic mass is 35.5. The Morgan fingerprint density at radius 2 is 2.20 bits per heavy atom. The summed E-state index contributed by atoms with van der Waals surface area (Å²) in [5.41, 5.74) is 3.70. The van der Waals surface area contributed by atoms with Gasteiger partial charge in [0.2, 0.25) is 0 Å². The Kier molecular flexibility index (Phi) is 4.02. The SMILES string of the molecule is Cc1ccc2nc(CCCl)n(CC3CCCC3C)c2c1. The van der Waals surface area contributed by atoms with Gasteiger partial charge < -0.3 is 4.57 Å². The van der Waals surface area contributed by atoms with E-state index < -0.39 is 0 Å². The second-order valence-electron chi connectivity index (χ2n) is 6.24. The first-order valence-electron chi connectivity index (χ1n) is 7.70. The number of alkyl halides is 1. The van der Waals surface area contributed by atoms with E-state index in [1.165, 1.54) is 30.3 Å². The van der Waals surface area contributed by atoms with Crippen LogP contribution < -0.4 is 0 Å². The highest BCUT2D eigenvalue weighted by Crippen LogP contribution is 2.33. The van der Waals surface area contributed by atoms with Gasteiger partial charge in [-0.25, -0.2) is 4.98 Å². The summed E-state index contributed by atoms with van der Waals surface area (Å²) in [7, 11) is 0. The zero-order chi connectivity index (χ0) is 14.1. The van der Waals surface area contributed by atoms with Gasteiger partial charge in [0.1, 0.15) is 5.82 Å². The van der Waals surface area contributed by atoms with Crippen molar-refractivity contribution in [3.63, 3.8) is 0 Å². The van der Waals surface area contributed by atoms with Crippen molar-refractivity contribution < 1.29 is 0 Å². The van der Waals surface area contributed by atoms with Crippen molar-refractivity contribution in [1.82, 2.24) is 9.55 Å². The molecule has 20 heavy (non-hydrogen) atoms. The zero-order valence-corrected chi connectivity index (χ0v) is 13.2. The van der Waals surface area contributed by atoms with Crippen LogP contribution in [-0.2, 0) is 13.0 Å². The third-order valence-electron chi connectivity index (χ3n) is 4.76. The average Bonchev–Trinajstić information content (AvgIpc) is 2.96. The predicted octanol–water partition coefficient (Wildman–Crippen LogP) is 4.56. The molecule has 0 radical (unpaired) electrons. The second-order valence-corrected chi connectivity index (χ2v) is 6.62. The predicted molar refractivity (Wildman–Crippen MR) is 85.4 cm³/mol. The third kappa shape index (κ3) is 2.58. The topological polar surface area (TPSA) is 17.8 Å². The van der Waals surface area contributed by atoms with Crippen molar-refractivity contribution in [2.75, 3.05) is 5.88 Å². The molecule has 3 heteroatoms. The molecule has 0 saturated heterocycles. The molecule has 2 unspecified atom stereocenters. The lowest BCUT2D eigenvalue weighted by Gasteiger charge is -2.18. The Labute approximate surface area is 126 Å². The minimum absolute atomic E-state index is 0.641. The minimum atomic E-state index is 0.641. The number of aromatic nitrogens is 2. The maximum Gasteiger partial charge on any atom is 0.111 e. The molecule has 0 N–H and O–H groups in total. The first kappa shape index (κ1) is 13.9. The Bertz CT molecular complexity index is 602. The number of imidazole rings is 1. The lowest BCUT2D eigenvalue weighted by atomic mass is 9.98. The van der Waals surface area contributed by atoms with Crippen molar-refractivity contribution in [1.29, 1.82) is 0 Å². The van der Waals surface area contributed by atoms with E-state index in [2.05, 4.69) is 36.6 Å². The fourth-order valence-electron chi connectivity index (χ4n) is 3.49. The number of aryl methyl sites for hydroxylation is 2. The van der Waals surface area contributed by atoms with Crippen molar-refractivity contribution in [2.45, 2.75) is 46.1 Å². The van der Waals surface area contributed by atoms with Crippen LogP contribution in [0.5, 0.6) is 0 Å². The number of halogens is 1. The second kappa shape index (κ2) is 5.77. The van der Waals surface area contributed by atoms with Crippen LogP contribution in [0.15, 0.2) is 18.2 Å². The molecular formula is C17H23ClN2. The fourth-order valence-corrected chi connectivity index (χ4v) is 3.66. The van der Waals surface area contributed by atoms with E-state index in [-0.39, 0.29) is 0 Å². The number of hydrogen-bond acceptors (Lipinski definition) is 1. The standard InChI is InChI=1S/C17H23ClN2/c1-12-6-7-15-16(10-12)20(17(19-15)8-9-18)11-14-5-3-4-13(14)2/h6-7,10,13-14H,3-5,8-9,11H2,1-2H3. The van der Waals surface area contributed by atoms with Gasteiger partial charge >= 0.3 is 0 Å². The third-order valence-corrected chi connectivity index (χ3v) is 4.95. The summed E-state index contributed by atoms with van der Waals surface area (Å²) in [6.45, 7) is 5.65. The van der Waals surface area contributed by atoms with Gasteiger partial charge in [-0.3, -0.25) is 0 Å². The van der Waals surface area contributed by atoms with Crippen LogP contribution >= 0.6 is 11.6 Å². The molecule has 1 saturated carbocycles. The first-order chi connectivity index (χ1) is 9.69. The molecule has 3 rings (SSSR count). The monoisotopic (exact) mass is 290 g/mol. The summed E-state index contributed by atoms with van der Waals surface area (Å²) < 4.78 is 2.43. The van der Waals surface area contributed by atoms with Crippen LogP contribution in [0.4, 0.5) is 0 Å². The lowest BCUT2D eigenvalue weighted by Crippen LogP contribution is -2.15. The van der Waals surface area contributed by atoms with Crippen LogP contribution in [0, 0.1) is 18.8 Å². The molecular weight excluding hydrogens is 268 g/mol. The maximum atomic E-state index is 5.96. The summed E-state index contributed by atoms with van der Waals surface area (Å²) >= 11 is 5.96. The zero-order valence-electron chi connectivity index (χ0n) is 12.4. The van der Waals surface area contributed by atoms with Crippen LogP contribution in [0.1, 0.15) is 37.6 Å². The van der Waals surface area contributed by atoms with Crippen LogP contribution in [0.2, 0.25) is 0 Å². The first-order valence-corrected chi connectivity index (χ1v) is 8.24. The molecule has 2 nitrogen and oxygen atoms in total. The number of nitrogens with zero attached hydrogens (tertiary/aromatic N) is 2. The largest absolute Gasteiger partial charge is 0.328 e. The van der Waals surface area contributed by atoms with Crippen LogP contribution in [0.25, 0.3) is 11.0 Å². The van der Waals surface area contributed by atoms with E-state index in [9.17, 15) is 0 Å². The summed E-state index contributed by atoms with van der Waals surface area (Å²) in [5, 5.41) is 0. The summed E-state index contributed by atoms with van der Waals surface area (Å²) in [6.07, 6.45) is 4.97. The summed E-state index contributed by atoms with van der Waals surface area (Å²) in [4.78, 5) is 4.79. The highest BCUT2D eigenvalue weighted by Gasteiger charge is 2.25. The summed E-state index contributed by atoms with van der Waals surface area (Å²) in [5.74, 6) is 3.42. The van der Waals surface area contributed by atoms with Gasteiger partial charge in [0.25, 0.3) is 0 Å². The number of fused-ring (bicyclic) bond motifs is 1. The van der Waals surface area contributed by atoms with Crippen LogP contribution in [-0.4, -0.2) is 15.4 Å². The molecule has 0 aliphatic heterocycles. The van der Waals surface area contributed by atoms with Gasteiger partial charge in [0.15, 0.2) is 0 Å². The molecule has 1 fully saturated rings. The molecule has 2 atom stereocenters. The molecule has 1 aliphatic carbocycles. The van der Waals surface area contributed by atoms with Crippen molar-refractivity contribution in [2.24, 2.45) is 11.8 Å². The van der Waals surface area contributed by atoms with Crippen LogP contribution in [0.3, 0.4) is 0 Å². The van der Waals surface area contributed by atoms with E-state index >= 15 is 0 Å². The molecule has 1 heterocycles.